The Balaban J connectivity index is 2.23. The van der Waals surface area contributed by atoms with E-state index in [-0.39, 0.29) is 23.1 Å². The molecule has 2 N–H and O–H groups in total. The van der Waals surface area contributed by atoms with Gasteiger partial charge >= 0.3 is 5.97 Å². The number of rotatable bonds is 3. The number of sulfone groups is 1. The number of benzene rings is 1. The van der Waals surface area contributed by atoms with Gasteiger partial charge in [-0.05, 0) is 24.6 Å². The van der Waals surface area contributed by atoms with Crippen molar-refractivity contribution in [1.29, 1.82) is 0 Å². The topological polar surface area (TPSA) is 83.5 Å². The van der Waals surface area contributed by atoms with Crippen LogP contribution in [-0.2, 0) is 9.84 Å². The molecule has 2 rings (SSSR count). The molecular formula is C11H12BrNO4S. The van der Waals surface area contributed by atoms with E-state index < -0.39 is 15.8 Å². The summed E-state index contributed by atoms with van der Waals surface area (Å²) in [6.45, 7) is 0. The Morgan fingerprint density at radius 1 is 1.44 bits per heavy atom. The number of hydrogen-bond donors (Lipinski definition) is 2. The summed E-state index contributed by atoms with van der Waals surface area (Å²) in [5.41, 5.74) is 0.585. The molecule has 1 fully saturated rings. The van der Waals surface area contributed by atoms with Gasteiger partial charge in [-0.25, -0.2) is 13.2 Å². The third kappa shape index (κ3) is 3.02. The summed E-state index contributed by atoms with van der Waals surface area (Å²) in [6, 6.07) is 4.55. The van der Waals surface area contributed by atoms with Crippen LogP contribution in [0.1, 0.15) is 16.8 Å². The van der Waals surface area contributed by atoms with Gasteiger partial charge in [0.05, 0.1) is 22.8 Å². The predicted octanol–water partition coefficient (Wildman–Crippen LogP) is 1.75. The third-order valence-corrected chi connectivity index (χ3v) is 5.07. The zero-order chi connectivity index (χ0) is 13.3. The van der Waals surface area contributed by atoms with Gasteiger partial charge in [0, 0.05) is 10.5 Å². The van der Waals surface area contributed by atoms with Gasteiger partial charge in [0.25, 0.3) is 0 Å². The third-order valence-electron chi connectivity index (χ3n) is 2.80. The van der Waals surface area contributed by atoms with Crippen LogP contribution < -0.4 is 5.32 Å². The summed E-state index contributed by atoms with van der Waals surface area (Å²) < 4.78 is 23.4. The standard InChI is InChI=1S/C11H12BrNO4S/c12-7-1-2-9(11(14)15)10(5-7)13-8-3-4-18(16,17)6-8/h1-2,5,8,13H,3-4,6H2,(H,14,15). The molecular weight excluding hydrogens is 322 g/mol. The Labute approximate surface area is 113 Å². The molecule has 1 aromatic carbocycles. The Bertz CT molecular complexity index is 585. The molecule has 1 heterocycles. The number of carboxylic acids is 1. The lowest BCUT2D eigenvalue weighted by molar-refractivity contribution is 0.0698. The SMILES string of the molecule is O=C(O)c1ccc(Br)cc1NC1CCS(=O)(=O)C1. The average Bonchev–Trinajstić information content (AvgIpc) is 2.57. The molecule has 0 bridgehead atoms. The van der Waals surface area contributed by atoms with Crippen molar-refractivity contribution in [1.82, 2.24) is 0 Å². The maximum absolute atomic E-state index is 11.4. The van der Waals surface area contributed by atoms with Crippen LogP contribution in [0, 0.1) is 0 Å². The number of hydrogen-bond acceptors (Lipinski definition) is 4. The molecule has 1 aliphatic rings. The minimum atomic E-state index is -2.98. The Hall–Kier alpha value is -1.08. The first-order chi connectivity index (χ1) is 8.37. The first-order valence-electron chi connectivity index (χ1n) is 5.37. The molecule has 18 heavy (non-hydrogen) atoms. The van der Waals surface area contributed by atoms with Gasteiger partial charge in [0.1, 0.15) is 0 Å². The summed E-state index contributed by atoms with van der Waals surface area (Å²) in [5, 5.41) is 12.1. The summed E-state index contributed by atoms with van der Waals surface area (Å²) in [7, 11) is -2.98. The number of carboxylic acid groups (broad SMARTS) is 1. The maximum Gasteiger partial charge on any atom is 0.337 e. The molecule has 1 aliphatic heterocycles. The van der Waals surface area contributed by atoms with Gasteiger partial charge in [-0.3, -0.25) is 0 Å². The maximum atomic E-state index is 11.4. The Kier molecular flexibility index (Phi) is 3.63. The van der Waals surface area contributed by atoms with Crippen molar-refractivity contribution < 1.29 is 18.3 Å². The van der Waals surface area contributed by atoms with Gasteiger partial charge in [0.2, 0.25) is 0 Å². The summed E-state index contributed by atoms with van der Waals surface area (Å²) in [4.78, 5) is 11.1. The zero-order valence-corrected chi connectivity index (χ0v) is 11.8. The number of halogens is 1. The van der Waals surface area contributed by atoms with E-state index >= 15 is 0 Å². The highest BCUT2D eigenvalue weighted by molar-refractivity contribution is 9.10. The highest BCUT2D eigenvalue weighted by atomic mass is 79.9. The van der Waals surface area contributed by atoms with Crippen molar-refractivity contribution in [3.63, 3.8) is 0 Å². The lowest BCUT2D eigenvalue weighted by atomic mass is 10.1. The Morgan fingerprint density at radius 2 is 2.17 bits per heavy atom. The largest absolute Gasteiger partial charge is 0.478 e. The highest BCUT2D eigenvalue weighted by Gasteiger charge is 2.28. The highest BCUT2D eigenvalue weighted by Crippen LogP contribution is 2.24. The molecule has 0 aliphatic carbocycles. The molecule has 1 unspecified atom stereocenters. The van der Waals surface area contributed by atoms with Gasteiger partial charge < -0.3 is 10.4 Å². The average molecular weight is 334 g/mol. The fourth-order valence-corrected chi connectivity index (χ4v) is 3.99. The molecule has 7 heteroatoms. The van der Waals surface area contributed by atoms with Gasteiger partial charge in [-0.2, -0.15) is 0 Å². The minimum Gasteiger partial charge on any atom is -0.478 e. The van der Waals surface area contributed by atoms with Crippen LogP contribution in [0.15, 0.2) is 22.7 Å². The second-order valence-corrected chi connectivity index (χ2v) is 7.38. The number of carbonyl (C=O) groups is 1. The van der Waals surface area contributed by atoms with Gasteiger partial charge in [0.15, 0.2) is 9.84 Å². The van der Waals surface area contributed by atoms with E-state index in [9.17, 15) is 13.2 Å². The quantitative estimate of drug-likeness (QED) is 0.880. The van der Waals surface area contributed by atoms with E-state index in [4.69, 9.17) is 5.11 Å². The number of nitrogens with one attached hydrogen (secondary N) is 1. The van der Waals surface area contributed by atoms with Gasteiger partial charge in [-0.15, -0.1) is 0 Å². The molecule has 98 valence electrons. The van der Waals surface area contributed by atoms with Crippen LogP contribution in [0.4, 0.5) is 5.69 Å². The molecule has 1 aromatic rings. The minimum absolute atomic E-state index is 0.0541. The van der Waals surface area contributed by atoms with Crippen molar-refractivity contribution in [3.05, 3.63) is 28.2 Å². The van der Waals surface area contributed by atoms with Crippen molar-refractivity contribution in [3.8, 4) is 0 Å². The van der Waals surface area contributed by atoms with Crippen LogP contribution in [0.2, 0.25) is 0 Å². The van der Waals surface area contributed by atoms with E-state index in [1.165, 1.54) is 6.07 Å². The fourth-order valence-electron chi connectivity index (χ4n) is 1.95. The molecule has 0 spiro atoms. The van der Waals surface area contributed by atoms with E-state index in [0.717, 1.165) is 4.47 Å². The monoisotopic (exact) mass is 333 g/mol. The van der Waals surface area contributed by atoms with Crippen LogP contribution in [0.25, 0.3) is 0 Å². The van der Waals surface area contributed by atoms with Crippen LogP contribution in [0.3, 0.4) is 0 Å². The molecule has 1 saturated heterocycles. The van der Waals surface area contributed by atoms with Crippen molar-refractivity contribution >= 4 is 37.4 Å². The van der Waals surface area contributed by atoms with Crippen molar-refractivity contribution in [2.45, 2.75) is 12.5 Å². The predicted molar refractivity (Wildman–Crippen MR) is 71.8 cm³/mol. The molecule has 0 saturated carbocycles. The van der Waals surface area contributed by atoms with E-state index in [0.29, 0.717) is 12.1 Å². The number of aromatic carboxylic acids is 1. The molecule has 5 nitrogen and oxygen atoms in total. The van der Waals surface area contributed by atoms with Crippen LogP contribution >= 0.6 is 15.9 Å². The lowest BCUT2D eigenvalue weighted by Crippen LogP contribution is -2.22. The fraction of sp³-hybridized carbons (Fsp3) is 0.364. The molecule has 0 aromatic heterocycles. The first-order valence-corrected chi connectivity index (χ1v) is 7.98. The lowest BCUT2D eigenvalue weighted by Gasteiger charge is -2.14. The van der Waals surface area contributed by atoms with E-state index in [1.54, 1.807) is 12.1 Å². The Morgan fingerprint density at radius 3 is 2.72 bits per heavy atom. The second-order valence-electron chi connectivity index (χ2n) is 4.24. The van der Waals surface area contributed by atoms with Crippen LogP contribution in [-0.4, -0.2) is 37.0 Å². The molecule has 1 atom stereocenters. The molecule has 0 amide bonds. The normalized spacial score (nSPS) is 21.7. The molecule has 0 radical (unpaired) electrons. The first kappa shape index (κ1) is 13.4. The second kappa shape index (κ2) is 4.89. The summed E-state index contributed by atoms with van der Waals surface area (Å²) >= 11 is 3.27. The van der Waals surface area contributed by atoms with Crippen LogP contribution in [0.5, 0.6) is 0 Å². The van der Waals surface area contributed by atoms with Crippen molar-refractivity contribution in [2.75, 3.05) is 16.8 Å². The van der Waals surface area contributed by atoms with Gasteiger partial charge in [-0.1, -0.05) is 15.9 Å². The van der Waals surface area contributed by atoms with E-state index in [1.807, 2.05) is 0 Å². The van der Waals surface area contributed by atoms with E-state index in [2.05, 4.69) is 21.2 Å². The zero-order valence-electron chi connectivity index (χ0n) is 9.39. The van der Waals surface area contributed by atoms with Crippen molar-refractivity contribution in [2.24, 2.45) is 0 Å². The smallest absolute Gasteiger partial charge is 0.337 e. The summed E-state index contributed by atoms with van der Waals surface area (Å²) in [5.74, 6) is -0.828. The summed E-state index contributed by atoms with van der Waals surface area (Å²) in [6.07, 6.45) is 0.508. The number of anilines is 1.